The summed E-state index contributed by atoms with van der Waals surface area (Å²) in [5.41, 5.74) is 4.10. The van der Waals surface area contributed by atoms with Gasteiger partial charge in [0.05, 0.1) is 29.5 Å². The molecule has 9 heteroatoms. The SMILES string of the molecule is CNC[C@@H]1C[C@@H](n2ncc(-c3cc(Sc4ncccc4F)c4c(C#N)cnn4c3)c2C)C[C@@H]1C. The lowest BCUT2D eigenvalue weighted by atomic mass is 9.98. The molecule has 1 saturated carbocycles. The second-order valence-electron chi connectivity index (χ2n) is 8.96. The normalized spacial score (nSPS) is 20.1. The maximum Gasteiger partial charge on any atom is 0.155 e. The zero-order chi connectivity index (χ0) is 23.8. The highest BCUT2D eigenvalue weighted by atomic mass is 32.2. The molecular formula is C25H26FN7S. The van der Waals surface area contributed by atoms with Gasteiger partial charge < -0.3 is 5.32 Å². The van der Waals surface area contributed by atoms with Gasteiger partial charge in [-0.2, -0.15) is 15.5 Å². The van der Waals surface area contributed by atoms with Gasteiger partial charge in [-0.1, -0.05) is 18.7 Å². The Morgan fingerprint density at radius 3 is 2.91 bits per heavy atom. The van der Waals surface area contributed by atoms with Crippen molar-refractivity contribution in [2.45, 2.75) is 42.7 Å². The van der Waals surface area contributed by atoms with E-state index >= 15 is 0 Å². The summed E-state index contributed by atoms with van der Waals surface area (Å²) in [7, 11) is 2.01. The van der Waals surface area contributed by atoms with Crippen LogP contribution < -0.4 is 5.32 Å². The summed E-state index contributed by atoms with van der Waals surface area (Å²) >= 11 is 1.20. The monoisotopic (exact) mass is 475 g/mol. The Balaban J connectivity index is 1.55. The quantitative estimate of drug-likeness (QED) is 0.428. The number of fused-ring (bicyclic) bond motifs is 1. The number of halogens is 1. The fraction of sp³-hybridized carbons (Fsp3) is 0.360. The molecule has 0 aliphatic heterocycles. The van der Waals surface area contributed by atoms with Crippen LogP contribution in [0.15, 0.2) is 52.9 Å². The highest BCUT2D eigenvalue weighted by molar-refractivity contribution is 7.99. The van der Waals surface area contributed by atoms with E-state index in [1.165, 1.54) is 24.0 Å². The lowest BCUT2D eigenvalue weighted by molar-refractivity contribution is 0.402. The Morgan fingerprint density at radius 2 is 2.15 bits per heavy atom. The van der Waals surface area contributed by atoms with Crippen LogP contribution in [0, 0.1) is 35.9 Å². The molecule has 1 aliphatic carbocycles. The summed E-state index contributed by atoms with van der Waals surface area (Å²) in [6.45, 7) is 5.44. The second-order valence-corrected chi connectivity index (χ2v) is 9.99. The van der Waals surface area contributed by atoms with Gasteiger partial charge >= 0.3 is 0 Å². The van der Waals surface area contributed by atoms with E-state index in [1.807, 2.05) is 25.5 Å². The molecule has 4 aromatic rings. The van der Waals surface area contributed by atoms with Crippen molar-refractivity contribution in [3.05, 3.63) is 60.1 Å². The summed E-state index contributed by atoms with van der Waals surface area (Å²) in [6.07, 6.45) is 9.12. The minimum atomic E-state index is -0.399. The van der Waals surface area contributed by atoms with E-state index in [1.54, 1.807) is 16.8 Å². The molecule has 0 saturated heterocycles. The highest BCUT2D eigenvalue weighted by Gasteiger charge is 2.33. The zero-order valence-electron chi connectivity index (χ0n) is 19.4. The van der Waals surface area contributed by atoms with E-state index in [0.29, 0.717) is 29.0 Å². The van der Waals surface area contributed by atoms with Gasteiger partial charge in [0.15, 0.2) is 5.82 Å². The molecule has 0 bridgehead atoms. The third-order valence-corrected chi connectivity index (χ3v) is 7.84. The van der Waals surface area contributed by atoms with Gasteiger partial charge in [0, 0.05) is 34.1 Å². The van der Waals surface area contributed by atoms with Crippen LogP contribution in [-0.2, 0) is 0 Å². The van der Waals surface area contributed by atoms with E-state index in [-0.39, 0.29) is 5.03 Å². The van der Waals surface area contributed by atoms with Crippen molar-refractivity contribution < 1.29 is 4.39 Å². The zero-order valence-corrected chi connectivity index (χ0v) is 20.2. The molecule has 3 atom stereocenters. The van der Waals surface area contributed by atoms with Crippen molar-refractivity contribution in [3.63, 3.8) is 0 Å². The predicted molar refractivity (Wildman–Crippen MR) is 129 cm³/mol. The van der Waals surface area contributed by atoms with Crippen LogP contribution in [0.5, 0.6) is 0 Å². The molecule has 0 amide bonds. The maximum atomic E-state index is 14.4. The van der Waals surface area contributed by atoms with E-state index in [2.05, 4.69) is 40.0 Å². The molecule has 0 unspecified atom stereocenters. The molecule has 4 aromatic heterocycles. The Bertz CT molecular complexity index is 1390. The first kappa shape index (κ1) is 22.6. The van der Waals surface area contributed by atoms with E-state index < -0.39 is 5.82 Å². The number of rotatable bonds is 6. The maximum absolute atomic E-state index is 14.4. The molecule has 5 rings (SSSR count). The van der Waals surface area contributed by atoms with Crippen molar-refractivity contribution >= 4 is 17.3 Å². The minimum absolute atomic E-state index is 0.259. The first-order chi connectivity index (χ1) is 16.5. The van der Waals surface area contributed by atoms with Crippen molar-refractivity contribution in [2.24, 2.45) is 11.8 Å². The molecule has 1 N–H and O–H groups in total. The molecule has 0 aromatic carbocycles. The van der Waals surface area contributed by atoms with Gasteiger partial charge in [0.2, 0.25) is 0 Å². The Kier molecular flexibility index (Phi) is 6.11. The smallest absolute Gasteiger partial charge is 0.155 e. The topological polar surface area (TPSA) is 83.8 Å². The van der Waals surface area contributed by atoms with Crippen LogP contribution in [0.1, 0.15) is 37.1 Å². The molecule has 34 heavy (non-hydrogen) atoms. The van der Waals surface area contributed by atoms with Crippen molar-refractivity contribution in [1.82, 2.24) is 29.7 Å². The fourth-order valence-corrected chi connectivity index (χ4v) is 6.04. The lowest BCUT2D eigenvalue weighted by Crippen LogP contribution is -2.20. The summed E-state index contributed by atoms with van der Waals surface area (Å²) in [4.78, 5) is 4.90. The van der Waals surface area contributed by atoms with Gasteiger partial charge in [-0.3, -0.25) is 4.68 Å². The Hall–Kier alpha value is -3.22. The van der Waals surface area contributed by atoms with E-state index in [0.717, 1.165) is 41.1 Å². The summed E-state index contributed by atoms with van der Waals surface area (Å²) in [5.74, 6) is 0.887. The first-order valence-electron chi connectivity index (χ1n) is 11.4. The molecule has 7 nitrogen and oxygen atoms in total. The average Bonchev–Trinajstić information content (AvgIpc) is 3.52. The number of pyridine rings is 2. The standard InChI is InChI=1S/C25H26FN7S/c1-15-7-20(8-17(15)11-28-3)33-16(2)21(13-31-33)18-9-23(34-25-22(26)5-4-6-29-25)24-19(10-27)12-30-32(24)14-18/h4-6,9,12-15,17,20,28H,7-8,11H2,1-3H3/t15-,17-,20-/m0/s1. The number of nitrogens with zero attached hydrogens (tertiary/aromatic N) is 6. The Morgan fingerprint density at radius 1 is 1.29 bits per heavy atom. The van der Waals surface area contributed by atoms with Gasteiger partial charge in [-0.05, 0) is 63.4 Å². The Labute approximate surface area is 202 Å². The van der Waals surface area contributed by atoms with Gasteiger partial charge in [0.25, 0.3) is 0 Å². The van der Waals surface area contributed by atoms with Crippen molar-refractivity contribution in [3.8, 4) is 17.2 Å². The van der Waals surface area contributed by atoms with Crippen LogP contribution in [0.3, 0.4) is 0 Å². The van der Waals surface area contributed by atoms with Crippen LogP contribution in [0.25, 0.3) is 16.6 Å². The molecule has 0 radical (unpaired) electrons. The summed E-state index contributed by atoms with van der Waals surface area (Å²) in [6, 6.07) is 7.49. The van der Waals surface area contributed by atoms with Gasteiger partial charge in [-0.25, -0.2) is 13.9 Å². The number of hydrogen-bond donors (Lipinski definition) is 1. The minimum Gasteiger partial charge on any atom is -0.319 e. The molecule has 174 valence electrons. The van der Waals surface area contributed by atoms with Crippen molar-refractivity contribution in [2.75, 3.05) is 13.6 Å². The third kappa shape index (κ3) is 3.97. The lowest BCUT2D eigenvalue weighted by Gasteiger charge is -2.15. The highest BCUT2D eigenvalue weighted by Crippen LogP contribution is 2.41. The summed E-state index contributed by atoms with van der Waals surface area (Å²) < 4.78 is 18.2. The predicted octanol–water partition coefficient (Wildman–Crippen LogP) is 4.87. The number of aromatic nitrogens is 5. The van der Waals surface area contributed by atoms with Crippen LogP contribution in [0.4, 0.5) is 4.39 Å². The molecule has 4 heterocycles. The second kappa shape index (κ2) is 9.20. The van der Waals surface area contributed by atoms with Gasteiger partial charge in [0.1, 0.15) is 11.1 Å². The van der Waals surface area contributed by atoms with Crippen LogP contribution in [-0.4, -0.2) is 38.0 Å². The number of nitriles is 1. The molecular weight excluding hydrogens is 449 g/mol. The van der Waals surface area contributed by atoms with Crippen LogP contribution in [0.2, 0.25) is 0 Å². The number of nitrogens with one attached hydrogen (secondary N) is 1. The molecule has 1 aliphatic rings. The van der Waals surface area contributed by atoms with Crippen molar-refractivity contribution in [1.29, 1.82) is 5.26 Å². The average molecular weight is 476 g/mol. The first-order valence-corrected chi connectivity index (χ1v) is 12.2. The number of hydrogen-bond acceptors (Lipinski definition) is 6. The van der Waals surface area contributed by atoms with Gasteiger partial charge in [-0.15, -0.1) is 0 Å². The largest absolute Gasteiger partial charge is 0.319 e. The van der Waals surface area contributed by atoms with E-state index in [4.69, 9.17) is 5.10 Å². The fourth-order valence-electron chi connectivity index (χ4n) is 5.06. The van der Waals surface area contributed by atoms with E-state index in [9.17, 15) is 9.65 Å². The molecule has 1 fully saturated rings. The van der Waals surface area contributed by atoms with Crippen LogP contribution >= 0.6 is 11.8 Å². The summed E-state index contributed by atoms with van der Waals surface area (Å²) in [5, 5.41) is 22.3. The molecule has 0 spiro atoms. The third-order valence-electron chi connectivity index (χ3n) is 6.82.